The van der Waals surface area contributed by atoms with Crippen LogP contribution in [0.1, 0.15) is 6.42 Å². The lowest BCUT2D eigenvalue weighted by Crippen LogP contribution is -2.55. The Morgan fingerprint density at radius 2 is 2.50 bits per heavy atom. The molecule has 82 valence electrons. The Morgan fingerprint density at radius 1 is 1.71 bits per heavy atom. The average Bonchev–Trinajstić information content (AvgIpc) is 2.17. The van der Waals surface area contributed by atoms with Gasteiger partial charge in [-0.1, -0.05) is 0 Å². The molecule has 1 aliphatic heterocycles. The monoisotopic (exact) mass is 202 g/mol. The summed E-state index contributed by atoms with van der Waals surface area (Å²) < 4.78 is 4.94. The van der Waals surface area contributed by atoms with E-state index in [2.05, 4.69) is 5.32 Å². The molecule has 0 aromatic carbocycles. The predicted molar refractivity (Wildman–Crippen MR) is 51.9 cm³/mol. The minimum absolute atomic E-state index is 0.00647. The summed E-state index contributed by atoms with van der Waals surface area (Å²) in [5.74, 6) is -0.00674. The van der Waals surface area contributed by atoms with E-state index in [0.29, 0.717) is 13.2 Å². The van der Waals surface area contributed by atoms with Crippen LogP contribution in [-0.2, 0) is 9.53 Å². The molecule has 1 amide bonds. The van der Waals surface area contributed by atoms with Crippen LogP contribution in [0.2, 0.25) is 0 Å². The SMILES string of the molecule is COCCCN1CC(=O)NC(CO)C1. The molecule has 5 nitrogen and oxygen atoms in total. The molecule has 1 heterocycles. The first-order valence-corrected chi connectivity index (χ1v) is 4.87. The molecule has 5 heteroatoms. The second kappa shape index (κ2) is 5.95. The van der Waals surface area contributed by atoms with Gasteiger partial charge in [0.2, 0.25) is 5.91 Å². The Bertz CT molecular complexity index is 187. The van der Waals surface area contributed by atoms with Crippen molar-refractivity contribution in [2.45, 2.75) is 12.5 Å². The largest absolute Gasteiger partial charge is 0.394 e. The lowest BCUT2D eigenvalue weighted by Gasteiger charge is -2.31. The van der Waals surface area contributed by atoms with Crippen molar-refractivity contribution in [3.05, 3.63) is 0 Å². The van der Waals surface area contributed by atoms with Crippen molar-refractivity contribution in [2.24, 2.45) is 0 Å². The van der Waals surface area contributed by atoms with Gasteiger partial charge >= 0.3 is 0 Å². The second-order valence-electron chi connectivity index (χ2n) is 3.53. The van der Waals surface area contributed by atoms with Crippen LogP contribution in [-0.4, -0.2) is 61.9 Å². The standard InChI is InChI=1S/C9H18N2O3/c1-14-4-2-3-11-5-8(7-12)10-9(13)6-11/h8,12H,2-7H2,1H3,(H,10,13). The molecule has 2 N–H and O–H groups in total. The highest BCUT2D eigenvalue weighted by molar-refractivity contribution is 5.79. The van der Waals surface area contributed by atoms with Crippen molar-refractivity contribution in [2.75, 3.05) is 40.0 Å². The molecule has 0 aromatic rings. The van der Waals surface area contributed by atoms with Gasteiger partial charge in [-0.25, -0.2) is 0 Å². The molecular formula is C9H18N2O3. The molecule has 1 atom stereocenters. The van der Waals surface area contributed by atoms with Crippen molar-refractivity contribution in [1.82, 2.24) is 10.2 Å². The Balaban J connectivity index is 2.26. The van der Waals surface area contributed by atoms with Gasteiger partial charge in [0.05, 0.1) is 19.2 Å². The van der Waals surface area contributed by atoms with Crippen LogP contribution in [0, 0.1) is 0 Å². The van der Waals surface area contributed by atoms with Gasteiger partial charge in [-0.3, -0.25) is 9.69 Å². The maximum absolute atomic E-state index is 11.2. The number of methoxy groups -OCH3 is 1. The molecule has 0 radical (unpaired) electrons. The van der Waals surface area contributed by atoms with Crippen LogP contribution in [0.3, 0.4) is 0 Å². The van der Waals surface area contributed by atoms with E-state index in [-0.39, 0.29) is 18.6 Å². The number of aliphatic hydroxyl groups excluding tert-OH is 1. The Morgan fingerprint density at radius 3 is 3.14 bits per heavy atom. The number of carbonyl (C=O) groups excluding carboxylic acids is 1. The van der Waals surface area contributed by atoms with Crippen LogP contribution in [0.15, 0.2) is 0 Å². The normalized spacial score (nSPS) is 23.6. The zero-order valence-corrected chi connectivity index (χ0v) is 8.53. The highest BCUT2D eigenvalue weighted by Crippen LogP contribution is 2.00. The maximum Gasteiger partial charge on any atom is 0.234 e. The summed E-state index contributed by atoms with van der Waals surface area (Å²) in [4.78, 5) is 13.2. The Kier molecular flexibility index (Phi) is 4.86. The zero-order chi connectivity index (χ0) is 10.4. The number of hydrogen-bond acceptors (Lipinski definition) is 4. The van der Waals surface area contributed by atoms with E-state index < -0.39 is 0 Å². The molecule has 0 aliphatic carbocycles. The average molecular weight is 202 g/mol. The van der Waals surface area contributed by atoms with Gasteiger partial charge in [0.1, 0.15) is 0 Å². The third-order valence-corrected chi connectivity index (χ3v) is 2.25. The lowest BCUT2D eigenvalue weighted by atomic mass is 10.2. The van der Waals surface area contributed by atoms with Gasteiger partial charge in [-0.15, -0.1) is 0 Å². The molecule has 1 unspecified atom stereocenters. The molecule has 1 saturated heterocycles. The molecule has 0 spiro atoms. The van der Waals surface area contributed by atoms with Gasteiger partial charge < -0.3 is 15.2 Å². The number of hydrogen-bond donors (Lipinski definition) is 2. The van der Waals surface area contributed by atoms with Gasteiger partial charge in [0, 0.05) is 26.8 Å². The number of nitrogens with one attached hydrogen (secondary N) is 1. The fourth-order valence-corrected chi connectivity index (χ4v) is 1.60. The van der Waals surface area contributed by atoms with Crippen molar-refractivity contribution in [3.8, 4) is 0 Å². The van der Waals surface area contributed by atoms with E-state index in [1.807, 2.05) is 4.90 Å². The highest BCUT2D eigenvalue weighted by Gasteiger charge is 2.23. The molecule has 14 heavy (non-hydrogen) atoms. The molecule has 0 aromatic heterocycles. The summed E-state index contributed by atoms with van der Waals surface area (Å²) in [5.41, 5.74) is 0. The Hall–Kier alpha value is -0.650. The van der Waals surface area contributed by atoms with Crippen molar-refractivity contribution >= 4 is 5.91 Å². The topological polar surface area (TPSA) is 61.8 Å². The van der Waals surface area contributed by atoms with Crippen LogP contribution in [0.5, 0.6) is 0 Å². The van der Waals surface area contributed by atoms with Crippen LogP contribution >= 0.6 is 0 Å². The van der Waals surface area contributed by atoms with E-state index >= 15 is 0 Å². The number of rotatable bonds is 5. The van der Waals surface area contributed by atoms with Crippen molar-refractivity contribution in [3.63, 3.8) is 0 Å². The fraction of sp³-hybridized carbons (Fsp3) is 0.889. The molecule has 1 aliphatic rings. The van der Waals surface area contributed by atoms with Gasteiger partial charge in [-0.05, 0) is 6.42 Å². The van der Waals surface area contributed by atoms with Gasteiger partial charge in [0.15, 0.2) is 0 Å². The van der Waals surface area contributed by atoms with Crippen molar-refractivity contribution in [1.29, 1.82) is 0 Å². The third kappa shape index (κ3) is 3.61. The Labute approximate surface area is 84.0 Å². The quantitative estimate of drug-likeness (QED) is 0.551. The van der Waals surface area contributed by atoms with Crippen molar-refractivity contribution < 1.29 is 14.6 Å². The number of aliphatic hydroxyl groups is 1. The minimum atomic E-state index is -0.112. The van der Waals surface area contributed by atoms with E-state index in [0.717, 1.165) is 19.5 Å². The van der Waals surface area contributed by atoms with E-state index in [9.17, 15) is 4.79 Å². The number of ether oxygens (including phenoxy) is 1. The van der Waals surface area contributed by atoms with Crippen LogP contribution in [0.25, 0.3) is 0 Å². The van der Waals surface area contributed by atoms with Crippen LogP contribution in [0.4, 0.5) is 0 Å². The first-order chi connectivity index (χ1) is 6.76. The molecule has 1 fully saturated rings. The van der Waals surface area contributed by atoms with E-state index in [1.54, 1.807) is 7.11 Å². The molecule has 0 saturated carbocycles. The third-order valence-electron chi connectivity index (χ3n) is 2.25. The highest BCUT2D eigenvalue weighted by atomic mass is 16.5. The summed E-state index contributed by atoms with van der Waals surface area (Å²) in [7, 11) is 1.67. The summed E-state index contributed by atoms with van der Waals surface area (Å²) >= 11 is 0. The first-order valence-electron chi connectivity index (χ1n) is 4.87. The minimum Gasteiger partial charge on any atom is -0.394 e. The summed E-state index contributed by atoms with van der Waals surface area (Å²) in [6.45, 7) is 2.72. The van der Waals surface area contributed by atoms with Gasteiger partial charge in [-0.2, -0.15) is 0 Å². The van der Waals surface area contributed by atoms with Crippen LogP contribution < -0.4 is 5.32 Å². The molecular weight excluding hydrogens is 184 g/mol. The van der Waals surface area contributed by atoms with Gasteiger partial charge in [0.25, 0.3) is 0 Å². The molecule has 1 rings (SSSR count). The predicted octanol–water partition coefficient (Wildman–Crippen LogP) is -1.18. The maximum atomic E-state index is 11.2. The fourth-order valence-electron chi connectivity index (χ4n) is 1.60. The van der Waals surface area contributed by atoms with E-state index in [1.165, 1.54) is 0 Å². The van der Waals surface area contributed by atoms with E-state index in [4.69, 9.17) is 9.84 Å². The summed E-state index contributed by atoms with van der Waals surface area (Å²) in [5, 5.41) is 11.7. The number of piperazine rings is 1. The first kappa shape index (κ1) is 11.4. The number of amides is 1. The summed E-state index contributed by atoms with van der Waals surface area (Å²) in [6, 6.07) is -0.112. The number of carbonyl (C=O) groups is 1. The molecule has 0 bridgehead atoms. The zero-order valence-electron chi connectivity index (χ0n) is 8.53. The summed E-state index contributed by atoms with van der Waals surface area (Å²) in [6.07, 6.45) is 0.919. The smallest absolute Gasteiger partial charge is 0.234 e. The second-order valence-corrected chi connectivity index (χ2v) is 3.53. The number of nitrogens with zero attached hydrogens (tertiary/aromatic N) is 1. The lowest BCUT2D eigenvalue weighted by molar-refractivity contribution is -0.126.